The second kappa shape index (κ2) is 8.36. The van der Waals surface area contributed by atoms with Crippen LogP contribution in [0, 0.1) is 0 Å². The molecule has 1 saturated heterocycles. The fourth-order valence-electron chi connectivity index (χ4n) is 2.38. The van der Waals surface area contributed by atoms with Gasteiger partial charge < -0.3 is 10.4 Å². The van der Waals surface area contributed by atoms with E-state index in [2.05, 4.69) is 21.2 Å². The summed E-state index contributed by atoms with van der Waals surface area (Å²) in [4.78, 5) is 24.9. The maximum Gasteiger partial charge on any atom is 0.320 e. The molecule has 0 spiro atoms. The standard InChI is InChI=1S/C14H17BrN2O3.ClH/c15-10-4-6-11(7-5-10)16-13(18)9-17-8-2-1-3-12(17)14(19)20;/h4-7,12H,1-3,8-9H2,(H,16,18)(H,19,20);1H. The van der Waals surface area contributed by atoms with Crippen molar-refractivity contribution in [3.8, 4) is 0 Å². The zero-order valence-electron chi connectivity index (χ0n) is 11.4. The van der Waals surface area contributed by atoms with Gasteiger partial charge in [0.15, 0.2) is 0 Å². The largest absolute Gasteiger partial charge is 0.480 e. The van der Waals surface area contributed by atoms with Gasteiger partial charge in [0.1, 0.15) is 6.04 Å². The molecule has 0 saturated carbocycles. The Kier molecular flexibility index (Phi) is 7.14. The predicted molar refractivity (Wildman–Crippen MR) is 86.9 cm³/mol. The molecule has 1 aromatic rings. The summed E-state index contributed by atoms with van der Waals surface area (Å²) in [5.41, 5.74) is 0.710. The van der Waals surface area contributed by atoms with E-state index in [1.165, 1.54) is 0 Å². The van der Waals surface area contributed by atoms with Gasteiger partial charge >= 0.3 is 5.97 Å². The molecular weight excluding hydrogens is 360 g/mol. The molecule has 1 aliphatic heterocycles. The van der Waals surface area contributed by atoms with Crippen molar-refractivity contribution in [3.63, 3.8) is 0 Å². The van der Waals surface area contributed by atoms with E-state index in [1.54, 1.807) is 17.0 Å². The number of nitrogens with one attached hydrogen (secondary N) is 1. The van der Waals surface area contributed by atoms with Crippen molar-refractivity contribution in [3.05, 3.63) is 28.7 Å². The number of carboxylic acids is 1. The van der Waals surface area contributed by atoms with E-state index in [0.29, 0.717) is 18.7 Å². The number of nitrogens with zero attached hydrogens (tertiary/aromatic N) is 1. The molecule has 1 atom stereocenters. The summed E-state index contributed by atoms with van der Waals surface area (Å²) in [6.07, 6.45) is 2.46. The first kappa shape index (κ1) is 17.9. The van der Waals surface area contributed by atoms with Crippen molar-refractivity contribution >= 4 is 45.9 Å². The summed E-state index contributed by atoms with van der Waals surface area (Å²) >= 11 is 3.33. The second-order valence-electron chi connectivity index (χ2n) is 4.88. The summed E-state index contributed by atoms with van der Waals surface area (Å²) in [7, 11) is 0. The van der Waals surface area contributed by atoms with E-state index < -0.39 is 12.0 Å². The Balaban J connectivity index is 0.00000220. The van der Waals surface area contributed by atoms with E-state index in [4.69, 9.17) is 5.11 Å². The smallest absolute Gasteiger partial charge is 0.320 e. The van der Waals surface area contributed by atoms with Gasteiger partial charge in [0, 0.05) is 10.2 Å². The molecule has 1 heterocycles. The Labute approximate surface area is 138 Å². The molecule has 5 nitrogen and oxygen atoms in total. The van der Waals surface area contributed by atoms with Crippen LogP contribution in [0.4, 0.5) is 5.69 Å². The zero-order chi connectivity index (χ0) is 14.5. The van der Waals surface area contributed by atoms with Gasteiger partial charge in [-0.3, -0.25) is 14.5 Å². The molecule has 1 amide bonds. The second-order valence-corrected chi connectivity index (χ2v) is 5.79. The molecule has 2 N–H and O–H groups in total. The first-order valence-corrected chi connectivity index (χ1v) is 7.38. The highest BCUT2D eigenvalue weighted by atomic mass is 79.9. The van der Waals surface area contributed by atoms with Crippen LogP contribution in [0.2, 0.25) is 0 Å². The van der Waals surface area contributed by atoms with Crippen LogP contribution in [0.1, 0.15) is 19.3 Å². The molecule has 116 valence electrons. The van der Waals surface area contributed by atoms with Gasteiger partial charge in [0.05, 0.1) is 6.54 Å². The summed E-state index contributed by atoms with van der Waals surface area (Å²) in [5.74, 6) is -1.03. The first-order valence-electron chi connectivity index (χ1n) is 6.58. The highest BCUT2D eigenvalue weighted by molar-refractivity contribution is 9.10. The quantitative estimate of drug-likeness (QED) is 0.846. The number of rotatable bonds is 4. The van der Waals surface area contributed by atoms with Crippen LogP contribution >= 0.6 is 28.3 Å². The van der Waals surface area contributed by atoms with E-state index >= 15 is 0 Å². The number of hydrogen-bond acceptors (Lipinski definition) is 3. The number of halogens is 2. The number of amides is 1. The molecule has 0 aliphatic carbocycles. The molecule has 0 aromatic heterocycles. The average Bonchev–Trinajstić information content (AvgIpc) is 2.41. The molecule has 7 heteroatoms. The maximum absolute atomic E-state index is 12.0. The van der Waals surface area contributed by atoms with E-state index in [-0.39, 0.29) is 24.9 Å². The van der Waals surface area contributed by atoms with Gasteiger partial charge in [-0.1, -0.05) is 22.4 Å². The number of carbonyl (C=O) groups excluding carboxylic acids is 1. The Hall–Kier alpha value is -1.11. The number of aliphatic carboxylic acids is 1. The highest BCUT2D eigenvalue weighted by Gasteiger charge is 2.29. The monoisotopic (exact) mass is 376 g/mol. The van der Waals surface area contributed by atoms with Crippen molar-refractivity contribution in [2.45, 2.75) is 25.3 Å². The number of anilines is 1. The summed E-state index contributed by atoms with van der Waals surface area (Å²) in [6.45, 7) is 0.776. The van der Waals surface area contributed by atoms with E-state index in [1.807, 2.05) is 12.1 Å². The van der Waals surface area contributed by atoms with Crippen LogP contribution in [-0.2, 0) is 9.59 Å². The van der Waals surface area contributed by atoms with Crippen LogP contribution in [0.5, 0.6) is 0 Å². The van der Waals surface area contributed by atoms with Gasteiger partial charge in [-0.25, -0.2) is 0 Å². The topological polar surface area (TPSA) is 69.6 Å². The third-order valence-corrected chi connectivity index (χ3v) is 3.90. The van der Waals surface area contributed by atoms with Crippen LogP contribution in [0.15, 0.2) is 28.7 Å². The molecule has 1 unspecified atom stereocenters. The van der Waals surface area contributed by atoms with Crippen LogP contribution < -0.4 is 5.32 Å². The van der Waals surface area contributed by atoms with Gasteiger partial charge in [-0.2, -0.15) is 0 Å². The minimum absolute atomic E-state index is 0. The fraction of sp³-hybridized carbons (Fsp3) is 0.429. The minimum Gasteiger partial charge on any atom is -0.480 e. The Morgan fingerprint density at radius 3 is 2.57 bits per heavy atom. The number of piperidine rings is 1. The molecule has 1 fully saturated rings. The van der Waals surface area contributed by atoms with Gasteiger partial charge in [0.25, 0.3) is 0 Å². The van der Waals surface area contributed by atoms with Crippen LogP contribution in [0.25, 0.3) is 0 Å². The predicted octanol–water partition coefficient (Wildman–Crippen LogP) is 2.75. The lowest BCUT2D eigenvalue weighted by Gasteiger charge is -2.32. The molecule has 1 aromatic carbocycles. The number of likely N-dealkylation sites (tertiary alicyclic amines) is 1. The molecule has 2 rings (SSSR count). The molecule has 1 aliphatic rings. The summed E-state index contributed by atoms with van der Waals surface area (Å²) in [6, 6.07) is 6.74. The average molecular weight is 378 g/mol. The van der Waals surface area contributed by atoms with Gasteiger partial charge in [0.2, 0.25) is 5.91 Å². The molecule has 0 radical (unpaired) electrons. The van der Waals surface area contributed by atoms with Crippen LogP contribution in [0.3, 0.4) is 0 Å². The normalized spacial score (nSPS) is 18.6. The van der Waals surface area contributed by atoms with Crippen molar-refractivity contribution in [1.82, 2.24) is 4.90 Å². The third-order valence-electron chi connectivity index (χ3n) is 3.37. The third kappa shape index (κ3) is 5.30. The summed E-state index contributed by atoms with van der Waals surface area (Å²) < 4.78 is 0.942. The SMILES string of the molecule is Cl.O=C(CN1CCCCC1C(=O)O)Nc1ccc(Br)cc1. The number of hydrogen-bond donors (Lipinski definition) is 2. The van der Waals surface area contributed by atoms with Crippen molar-refractivity contribution < 1.29 is 14.7 Å². The summed E-state index contributed by atoms with van der Waals surface area (Å²) in [5, 5.41) is 11.9. The van der Waals surface area contributed by atoms with Crippen molar-refractivity contribution in [1.29, 1.82) is 0 Å². The van der Waals surface area contributed by atoms with Crippen molar-refractivity contribution in [2.24, 2.45) is 0 Å². The van der Waals surface area contributed by atoms with E-state index in [9.17, 15) is 9.59 Å². The lowest BCUT2D eigenvalue weighted by atomic mass is 10.0. The van der Waals surface area contributed by atoms with Crippen molar-refractivity contribution in [2.75, 3.05) is 18.4 Å². The first-order chi connectivity index (χ1) is 9.56. The highest BCUT2D eigenvalue weighted by Crippen LogP contribution is 2.18. The van der Waals surface area contributed by atoms with Crippen LogP contribution in [-0.4, -0.2) is 41.0 Å². The molecule has 0 bridgehead atoms. The fourth-order valence-corrected chi connectivity index (χ4v) is 2.64. The Bertz CT molecular complexity index is 495. The van der Waals surface area contributed by atoms with Gasteiger partial charge in [-0.15, -0.1) is 12.4 Å². The zero-order valence-corrected chi connectivity index (χ0v) is 13.8. The number of benzene rings is 1. The number of carbonyl (C=O) groups is 2. The molecule has 21 heavy (non-hydrogen) atoms. The Morgan fingerprint density at radius 1 is 1.29 bits per heavy atom. The Morgan fingerprint density at radius 2 is 1.95 bits per heavy atom. The lowest BCUT2D eigenvalue weighted by molar-refractivity contribution is -0.145. The number of carboxylic acid groups (broad SMARTS) is 1. The molecular formula is C14H18BrClN2O3. The maximum atomic E-state index is 12.0. The van der Waals surface area contributed by atoms with E-state index in [0.717, 1.165) is 17.3 Å². The van der Waals surface area contributed by atoms with Gasteiger partial charge in [-0.05, 0) is 43.7 Å². The lowest BCUT2D eigenvalue weighted by Crippen LogP contribution is -2.47. The minimum atomic E-state index is -0.846.